The summed E-state index contributed by atoms with van der Waals surface area (Å²) in [5.41, 5.74) is 12.9. The van der Waals surface area contributed by atoms with Gasteiger partial charge in [-0.25, -0.2) is 9.69 Å². The minimum atomic E-state index is 0.571. The average molecular weight is 700 g/mol. The zero-order valence-corrected chi connectivity index (χ0v) is 29.5. The Morgan fingerprint density at radius 3 is 1.42 bits per heavy atom. The summed E-state index contributed by atoms with van der Waals surface area (Å²) in [4.78, 5) is 7.63. The molecule has 0 radical (unpaired) electrons. The van der Waals surface area contributed by atoms with E-state index in [1.165, 1.54) is 32.6 Å². The molecule has 5 nitrogen and oxygen atoms in total. The van der Waals surface area contributed by atoms with E-state index in [1.807, 2.05) is 42.5 Å². The Labute approximate surface area is 316 Å². The predicted molar refractivity (Wildman–Crippen MR) is 227 cm³/mol. The molecule has 5 heteroatoms. The standard InChI is InChI=1S/C50H29N5/c1-51-34-22-28-48-42(30-34)40-14-6-10-18-47(40)55(48)50-29-33(21-27-43(50)52-2)32-19-23-35(24-20-32)53-44-15-7-5-13-39(44)41-26-25-36(31-49(41)53)54-45-16-8-3-11-37(45)38-12-4-9-17-46(38)54/h3-31H. The molecule has 3 heterocycles. The van der Waals surface area contributed by atoms with Gasteiger partial charge in [0.2, 0.25) is 5.69 Å². The highest BCUT2D eigenvalue weighted by Gasteiger charge is 2.18. The van der Waals surface area contributed by atoms with Crippen molar-refractivity contribution in [3.05, 3.63) is 199 Å². The summed E-state index contributed by atoms with van der Waals surface area (Å²) in [5.74, 6) is 0. The first-order valence-corrected chi connectivity index (χ1v) is 18.3. The van der Waals surface area contributed by atoms with Crippen LogP contribution < -0.4 is 0 Å². The molecule has 0 saturated heterocycles. The maximum absolute atomic E-state index is 8.09. The number of benzene rings is 8. The van der Waals surface area contributed by atoms with E-state index in [2.05, 4.69) is 157 Å². The molecule has 0 unspecified atom stereocenters. The van der Waals surface area contributed by atoms with E-state index in [0.717, 1.165) is 61.0 Å². The number of para-hydroxylation sites is 4. The van der Waals surface area contributed by atoms with Gasteiger partial charge < -0.3 is 13.7 Å². The minimum Gasteiger partial charge on any atom is -0.319 e. The molecule has 0 amide bonds. The fourth-order valence-corrected chi connectivity index (χ4v) is 8.65. The van der Waals surface area contributed by atoms with E-state index in [9.17, 15) is 0 Å². The van der Waals surface area contributed by atoms with Gasteiger partial charge in [-0.3, -0.25) is 0 Å². The Morgan fingerprint density at radius 1 is 0.327 bits per heavy atom. The second-order valence-corrected chi connectivity index (χ2v) is 14.0. The van der Waals surface area contributed by atoms with Crippen LogP contribution in [0.1, 0.15) is 0 Å². The van der Waals surface area contributed by atoms with Crippen LogP contribution in [0.15, 0.2) is 176 Å². The van der Waals surface area contributed by atoms with Crippen molar-refractivity contribution in [1.29, 1.82) is 0 Å². The summed E-state index contributed by atoms with van der Waals surface area (Å²) in [6.45, 7) is 15.7. The van der Waals surface area contributed by atoms with Crippen molar-refractivity contribution in [2.24, 2.45) is 0 Å². The molecule has 0 bridgehead atoms. The molecule has 0 saturated carbocycles. The van der Waals surface area contributed by atoms with Crippen molar-refractivity contribution < 1.29 is 0 Å². The predicted octanol–water partition coefficient (Wildman–Crippen LogP) is 13.7. The zero-order valence-electron chi connectivity index (χ0n) is 29.5. The van der Waals surface area contributed by atoms with Gasteiger partial charge in [0.15, 0.2) is 5.69 Å². The van der Waals surface area contributed by atoms with Crippen molar-refractivity contribution in [3.63, 3.8) is 0 Å². The summed E-state index contributed by atoms with van der Waals surface area (Å²) >= 11 is 0. The Kier molecular flexibility index (Phi) is 6.61. The molecule has 11 rings (SSSR count). The lowest BCUT2D eigenvalue weighted by molar-refractivity contribution is 1.15. The van der Waals surface area contributed by atoms with Gasteiger partial charge in [0.1, 0.15) is 0 Å². The van der Waals surface area contributed by atoms with Crippen LogP contribution in [0, 0.1) is 13.1 Å². The third kappa shape index (κ3) is 4.51. The molecule has 0 aliphatic rings. The topological polar surface area (TPSA) is 23.5 Å². The summed E-state index contributed by atoms with van der Waals surface area (Å²) in [6, 6.07) is 61.6. The van der Waals surface area contributed by atoms with Crippen LogP contribution in [0.2, 0.25) is 0 Å². The molecule has 254 valence electrons. The second-order valence-electron chi connectivity index (χ2n) is 14.0. The molecule has 0 fully saturated rings. The lowest BCUT2D eigenvalue weighted by Crippen LogP contribution is -1.97. The molecule has 3 aromatic heterocycles. The van der Waals surface area contributed by atoms with E-state index in [4.69, 9.17) is 13.1 Å². The number of rotatable bonds is 4. The smallest absolute Gasteiger partial charge is 0.210 e. The molecule has 55 heavy (non-hydrogen) atoms. The van der Waals surface area contributed by atoms with Gasteiger partial charge in [-0.15, -0.1) is 0 Å². The Hall–Kier alpha value is -7.86. The van der Waals surface area contributed by atoms with E-state index in [-0.39, 0.29) is 0 Å². The summed E-state index contributed by atoms with van der Waals surface area (Å²) in [7, 11) is 0. The summed E-state index contributed by atoms with van der Waals surface area (Å²) in [5, 5.41) is 6.97. The molecule has 11 aromatic rings. The number of nitrogens with zero attached hydrogens (tertiary/aromatic N) is 5. The molecular formula is C50H29N5. The SMILES string of the molecule is [C-]#[N+]c1ccc2c(c1)c1ccccc1n2-c1cc(-c2ccc(-n3c4ccccc4c4ccc(-n5c6ccccc6c6ccccc65)cc43)cc2)ccc1[N+]#[C-]. The first-order valence-electron chi connectivity index (χ1n) is 18.3. The van der Waals surface area contributed by atoms with Crippen LogP contribution in [-0.2, 0) is 0 Å². The van der Waals surface area contributed by atoms with Crippen LogP contribution in [0.25, 0.3) is 103 Å². The Morgan fingerprint density at radius 2 is 0.818 bits per heavy atom. The van der Waals surface area contributed by atoms with Crippen LogP contribution in [0.3, 0.4) is 0 Å². The maximum atomic E-state index is 8.09. The number of hydrogen-bond donors (Lipinski definition) is 0. The minimum absolute atomic E-state index is 0.571. The summed E-state index contributed by atoms with van der Waals surface area (Å²) < 4.78 is 6.91. The number of fused-ring (bicyclic) bond motifs is 9. The van der Waals surface area contributed by atoms with E-state index in [1.54, 1.807) is 0 Å². The van der Waals surface area contributed by atoms with Crippen LogP contribution in [-0.4, -0.2) is 13.7 Å². The fourth-order valence-electron chi connectivity index (χ4n) is 8.65. The molecule has 0 N–H and O–H groups in total. The van der Waals surface area contributed by atoms with Gasteiger partial charge in [-0.05, 0) is 83.2 Å². The molecule has 0 aliphatic heterocycles. The van der Waals surface area contributed by atoms with Gasteiger partial charge in [0, 0.05) is 38.3 Å². The first kappa shape index (κ1) is 30.7. The summed E-state index contributed by atoms with van der Waals surface area (Å²) in [6.07, 6.45) is 0. The molecule has 0 spiro atoms. The third-order valence-electron chi connectivity index (χ3n) is 11.1. The van der Waals surface area contributed by atoms with Gasteiger partial charge in [-0.2, -0.15) is 0 Å². The molecule has 0 aliphatic carbocycles. The van der Waals surface area contributed by atoms with Crippen molar-refractivity contribution in [2.75, 3.05) is 0 Å². The fraction of sp³-hybridized carbons (Fsp3) is 0. The van der Waals surface area contributed by atoms with E-state index in [0.29, 0.717) is 11.4 Å². The van der Waals surface area contributed by atoms with Crippen molar-refractivity contribution >= 4 is 76.8 Å². The van der Waals surface area contributed by atoms with E-state index < -0.39 is 0 Å². The first-order chi connectivity index (χ1) is 27.2. The lowest BCUT2D eigenvalue weighted by atomic mass is 10.0. The molecule has 8 aromatic carbocycles. The lowest BCUT2D eigenvalue weighted by Gasteiger charge is -2.14. The van der Waals surface area contributed by atoms with Gasteiger partial charge >= 0.3 is 0 Å². The Bertz CT molecular complexity index is 3400. The van der Waals surface area contributed by atoms with Gasteiger partial charge in [0.25, 0.3) is 0 Å². The average Bonchev–Trinajstić information content (AvgIpc) is 3.88. The largest absolute Gasteiger partial charge is 0.319 e. The highest BCUT2D eigenvalue weighted by Crippen LogP contribution is 2.40. The zero-order chi connectivity index (χ0) is 36.6. The van der Waals surface area contributed by atoms with Crippen LogP contribution in [0.5, 0.6) is 0 Å². The van der Waals surface area contributed by atoms with Crippen LogP contribution >= 0.6 is 0 Å². The molecular weight excluding hydrogens is 671 g/mol. The monoisotopic (exact) mass is 699 g/mol. The van der Waals surface area contributed by atoms with Gasteiger partial charge in [0.05, 0.1) is 51.9 Å². The highest BCUT2D eigenvalue weighted by atomic mass is 15.0. The van der Waals surface area contributed by atoms with E-state index >= 15 is 0 Å². The normalized spacial score (nSPS) is 11.6. The van der Waals surface area contributed by atoms with Crippen LogP contribution in [0.4, 0.5) is 11.4 Å². The quantitative estimate of drug-likeness (QED) is 0.163. The van der Waals surface area contributed by atoms with Crippen molar-refractivity contribution in [1.82, 2.24) is 13.7 Å². The number of hydrogen-bond acceptors (Lipinski definition) is 0. The maximum Gasteiger partial charge on any atom is 0.210 e. The molecule has 0 atom stereocenters. The number of aromatic nitrogens is 3. The van der Waals surface area contributed by atoms with Crippen molar-refractivity contribution in [3.8, 4) is 28.2 Å². The van der Waals surface area contributed by atoms with Crippen molar-refractivity contribution in [2.45, 2.75) is 0 Å². The third-order valence-corrected chi connectivity index (χ3v) is 11.1. The Balaban J connectivity index is 1.06. The second kappa shape index (κ2) is 11.8. The highest BCUT2D eigenvalue weighted by molar-refractivity contribution is 6.13. The van der Waals surface area contributed by atoms with Gasteiger partial charge in [-0.1, -0.05) is 109 Å².